The molecule has 3 rings (SSSR count). The van der Waals surface area contributed by atoms with Crippen molar-refractivity contribution in [2.24, 2.45) is 5.92 Å². The van der Waals surface area contributed by atoms with Gasteiger partial charge in [-0.2, -0.15) is 0 Å². The third-order valence-electron chi connectivity index (χ3n) is 5.43. The van der Waals surface area contributed by atoms with Crippen LogP contribution in [0.1, 0.15) is 34.8 Å². The van der Waals surface area contributed by atoms with Gasteiger partial charge in [-0.15, -0.1) is 11.3 Å². The van der Waals surface area contributed by atoms with E-state index in [-0.39, 0.29) is 17.7 Å². The van der Waals surface area contributed by atoms with Crippen LogP contribution in [0.3, 0.4) is 0 Å². The summed E-state index contributed by atoms with van der Waals surface area (Å²) in [5.74, 6) is 0.348. The van der Waals surface area contributed by atoms with Gasteiger partial charge in [-0.1, -0.05) is 38.1 Å². The van der Waals surface area contributed by atoms with Gasteiger partial charge in [-0.05, 0) is 37.0 Å². The normalized spacial score (nSPS) is 11.7. The molecule has 0 saturated heterocycles. The first-order chi connectivity index (χ1) is 16.3. The number of carbonyl (C=O) groups excluding carboxylic acids is 2. The second-order valence-corrected chi connectivity index (χ2v) is 9.35. The maximum atomic E-state index is 12.8. The lowest BCUT2D eigenvalue weighted by Gasteiger charge is -2.22. The molecule has 3 aromatic rings. The number of carbonyl (C=O) groups is 2. The standard InChI is InChI=1S/C26H31N3O4S/c1-16(2)24(29-25(30)20-12-21(32-4)14-22(13-20)33-5)26(31)27-11-10-18-6-8-19(9-7-18)23-15-34-17(3)28-23/h6-9,12-16,24H,10-11H2,1-5H3,(H,27,31)(H,29,30)/t24-/m0/s1. The summed E-state index contributed by atoms with van der Waals surface area (Å²) in [7, 11) is 3.04. The van der Waals surface area contributed by atoms with Crippen molar-refractivity contribution < 1.29 is 19.1 Å². The van der Waals surface area contributed by atoms with E-state index in [1.807, 2.05) is 50.4 Å². The Labute approximate surface area is 204 Å². The Morgan fingerprint density at radius 2 is 1.68 bits per heavy atom. The van der Waals surface area contributed by atoms with E-state index in [1.165, 1.54) is 14.2 Å². The Kier molecular flexibility index (Phi) is 8.65. The van der Waals surface area contributed by atoms with Crippen LogP contribution < -0.4 is 20.1 Å². The zero-order valence-electron chi connectivity index (χ0n) is 20.2. The van der Waals surface area contributed by atoms with E-state index in [1.54, 1.807) is 29.5 Å². The quantitative estimate of drug-likeness (QED) is 0.452. The lowest BCUT2D eigenvalue weighted by Crippen LogP contribution is -2.50. The highest BCUT2D eigenvalue weighted by Crippen LogP contribution is 2.23. The third-order valence-corrected chi connectivity index (χ3v) is 6.20. The highest BCUT2D eigenvalue weighted by atomic mass is 32.1. The minimum atomic E-state index is -0.667. The van der Waals surface area contributed by atoms with E-state index in [0.717, 1.165) is 21.8 Å². The van der Waals surface area contributed by atoms with Crippen molar-refractivity contribution in [2.45, 2.75) is 33.2 Å². The maximum absolute atomic E-state index is 12.8. The fourth-order valence-corrected chi connectivity index (χ4v) is 4.10. The van der Waals surface area contributed by atoms with Gasteiger partial charge >= 0.3 is 0 Å². The van der Waals surface area contributed by atoms with Crippen molar-refractivity contribution in [1.29, 1.82) is 0 Å². The van der Waals surface area contributed by atoms with Crippen molar-refractivity contribution in [2.75, 3.05) is 20.8 Å². The molecule has 0 aliphatic rings. The van der Waals surface area contributed by atoms with E-state index in [2.05, 4.69) is 15.6 Å². The maximum Gasteiger partial charge on any atom is 0.252 e. The number of hydrogen-bond donors (Lipinski definition) is 2. The van der Waals surface area contributed by atoms with Crippen molar-refractivity contribution in [3.8, 4) is 22.8 Å². The molecule has 0 aliphatic carbocycles. The number of rotatable bonds is 10. The Hall–Kier alpha value is -3.39. The van der Waals surface area contributed by atoms with Gasteiger partial charge in [0.2, 0.25) is 5.91 Å². The molecule has 0 aliphatic heterocycles. The fourth-order valence-electron chi connectivity index (χ4n) is 3.48. The fraction of sp³-hybridized carbons (Fsp3) is 0.346. The number of amides is 2. The molecule has 1 aromatic heterocycles. The van der Waals surface area contributed by atoms with Crippen LogP contribution in [0.5, 0.6) is 11.5 Å². The first-order valence-corrected chi connectivity index (χ1v) is 12.0. The molecule has 0 fully saturated rings. The van der Waals surface area contributed by atoms with Crippen LogP contribution in [-0.4, -0.2) is 43.6 Å². The van der Waals surface area contributed by atoms with E-state index in [9.17, 15) is 9.59 Å². The zero-order valence-corrected chi connectivity index (χ0v) is 21.0. The summed E-state index contributed by atoms with van der Waals surface area (Å²) >= 11 is 1.63. The largest absolute Gasteiger partial charge is 0.497 e. The van der Waals surface area contributed by atoms with Gasteiger partial charge < -0.3 is 20.1 Å². The van der Waals surface area contributed by atoms with Crippen molar-refractivity contribution >= 4 is 23.2 Å². The number of methoxy groups -OCH3 is 2. The Bertz CT molecular complexity index is 1100. The Morgan fingerprint density at radius 3 is 2.21 bits per heavy atom. The van der Waals surface area contributed by atoms with E-state index >= 15 is 0 Å². The van der Waals surface area contributed by atoms with Crippen LogP contribution in [0.2, 0.25) is 0 Å². The predicted octanol–water partition coefficient (Wildman–Crippen LogP) is 4.25. The third kappa shape index (κ3) is 6.57. The number of aromatic nitrogens is 1. The molecule has 0 bridgehead atoms. The summed E-state index contributed by atoms with van der Waals surface area (Å²) in [6.07, 6.45) is 0.688. The SMILES string of the molecule is COc1cc(OC)cc(C(=O)N[C@H](C(=O)NCCc2ccc(-c3csc(C)n3)cc2)C(C)C)c1. The predicted molar refractivity (Wildman–Crippen MR) is 135 cm³/mol. The summed E-state index contributed by atoms with van der Waals surface area (Å²) in [5.41, 5.74) is 3.54. The highest BCUT2D eigenvalue weighted by molar-refractivity contribution is 7.09. The topological polar surface area (TPSA) is 89.5 Å². The molecule has 7 nitrogen and oxygen atoms in total. The van der Waals surface area contributed by atoms with Crippen molar-refractivity contribution in [3.63, 3.8) is 0 Å². The summed E-state index contributed by atoms with van der Waals surface area (Å²) < 4.78 is 10.5. The molecule has 1 heterocycles. The number of hydrogen-bond acceptors (Lipinski definition) is 6. The second kappa shape index (κ2) is 11.7. The number of aryl methyl sites for hydroxylation is 1. The molecular formula is C26H31N3O4S. The van der Waals surface area contributed by atoms with Gasteiger partial charge in [0.25, 0.3) is 5.91 Å². The Morgan fingerprint density at radius 1 is 1.03 bits per heavy atom. The highest BCUT2D eigenvalue weighted by Gasteiger charge is 2.25. The number of nitrogens with zero attached hydrogens (tertiary/aromatic N) is 1. The van der Waals surface area contributed by atoms with Crippen molar-refractivity contribution in [3.05, 3.63) is 64.0 Å². The first kappa shape index (κ1) is 25.2. The summed E-state index contributed by atoms with van der Waals surface area (Å²) in [6.45, 7) is 6.26. The van der Waals surface area contributed by atoms with Crippen molar-refractivity contribution in [1.82, 2.24) is 15.6 Å². The zero-order chi connectivity index (χ0) is 24.7. The molecule has 180 valence electrons. The molecule has 0 radical (unpaired) electrons. The van der Waals surface area contributed by atoms with E-state index < -0.39 is 6.04 Å². The van der Waals surface area contributed by atoms with Gasteiger partial charge in [-0.3, -0.25) is 9.59 Å². The molecule has 0 unspecified atom stereocenters. The number of benzene rings is 2. The lowest BCUT2D eigenvalue weighted by atomic mass is 10.0. The van der Waals surface area contributed by atoms with Crippen LogP contribution in [-0.2, 0) is 11.2 Å². The van der Waals surface area contributed by atoms with Gasteiger partial charge in [0.1, 0.15) is 17.5 Å². The molecule has 1 atom stereocenters. The lowest BCUT2D eigenvalue weighted by molar-refractivity contribution is -0.123. The molecule has 34 heavy (non-hydrogen) atoms. The van der Waals surface area contributed by atoms with Crippen LogP contribution in [0, 0.1) is 12.8 Å². The number of thiazole rings is 1. The minimum Gasteiger partial charge on any atom is -0.497 e. The number of nitrogens with one attached hydrogen (secondary N) is 2. The van der Waals surface area contributed by atoms with Crippen LogP contribution in [0.15, 0.2) is 47.8 Å². The second-order valence-electron chi connectivity index (χ2n) is 8.29. The minimum absolute atomic E-state index is 0.0858. The van der Waals surface area contributed by atoms with Crippen LogP contribution in [0.25, 0.3) is 11.3 Å². The molecule has 0 saturated carbocycles. The summed E-state index contributed by atoms with van der Waals surface area (Å²) in [5, 5.41) is 8.88. The summed E-state index contributed by atoms with van der Waals surface area (Å²) in [6, 6.07) is 12.4. The van der Waals surface area contributed by atoms with E-state index in [4.69, 9.17) is 9.47 Å². The van der Waals surface area contributed by atoms with Gasteiger partial charge in [0.15, 0.2) is 0 Å². The molecule has 2 amide bonds. The monoisotopic (exact) mass is 481 g/mol. The van der Waals surface area contributed by atoms with Gasteiger partial charge in [0, 0.05) is 29.1 Å². The van der Waals surface area contributed by atoms with Crippen LogP contribution >= 0.6 is 11.3 Å². The van der Waals surface area contributed by atoms with Gasteiger partial charge in [0.05, 0.1) is 24.9 Å². The first-order valence-electron chi connectivity index (χ1n) is 11.1. The average molecular weight is 482 g/mol. The number of ether oxygens (including phenoxy) is 2. The van der Waals surface area contributed by atoms with E-state index in [0.29, 0.717) is 30.0 Å². The molecule has 8 heteroatoms. The molecule has 2 N–H and O–H groups in total. The Balaban J connectivity index is 1.57. The molecule has 2 aromatic carbocycles. The smallest absolute Gasteiger partial charge is 0.252 e. The average Bonchev–Trinajstić information content (AvgIpc) is 3.28. The summed E-state index contributed by atoms with van der Waals surface area (Å²) in [4.78, 5) is 30.2. The molecule has 0 spiro atoms. The van der Waals surface area contributed by atoms with Gasteiger partial charge in [-0.25, -0.2) is 4.98 Å². The van der Waals surface area contributed by atoms with Crippen LogP contribution in [0.4, 0.5) is 0 Å². The molecular weight excluding hydrogens is 450 g/mol.